The van der Waals surface area contributed by atoms with E-state index in [1.54, 1.807) is 10.9 Å². The second kappa shape index (κ2) is 5.44. The van der Waals surface area contributed by atoms with E-state index in [4.69, 9.17) is 0 Å². The summed E-state index contributed by atoms with van der Waals surface area (Å²) in [5, 5.41) is 4.16. The molecule has 2 aromatic heterocycles. The van der Waals surface area contributed by atoms with E-state index in [0.717, 1.165) is 23.5 Å². The lowest BCUT2D eigenvalue weighted by Gasteiger charge is -2.14. The Balaban J connectivity index is 1.93. The van der Waals surface area contributed by atoms with E-state index in [-0.39, 0.29) is 5.92 Å². The molecule has 8 heteroatoms. The van der Waals surface area contributed by atoms with Gasteiger partial charge in [-0.05, 0) is 25.5 Å². The summed E-state index contributed by atoms with van der Waals surface area (Å²) in [6.45, 7) is 2.89. The molecule has 1 aliphatic rings. The highest BCUT2D eigenvalue weighted by atomic mass is 32.2. The minimum absolute atomic E-state index is 0.114. The molecule has 0 spiro atoms. The van der Waals surface area contributed by atoms with E-state index >= 15 is 0 Å². The van der Waals surface area contributed by atoms with Crippen LogP contribution in [0.1, 0.15) is 23.9 Å². The number of nitrogens with zero attached hydrogens (tertiary/aromatic N) is 5. The molecule has 1 atom stereocenters. The summed E-state index contributed by atoms with van der Waals surface area (Å²) in [5.74, 6) is 0.801. The minimum atomic E-state index is -3.14. The van der Waals surface area contributed by atoms with Crippen LogP contribution in [0.15, 0.2) is 18.3 Å². The first-order valence-electron chi connectivity index (χ1n) is 7.13. The van der Waals surface area contributed by atoms with Gasteiger partial charge < -0.3 is 0 Å². The smallest absolute Gasteiger partial charge is 0.211 e. The van der Waals surface area contributed by atoms with Crippen molar-refractivity contribution in [1.29, 1.82) is 0 Å². The van der Waals surface area contributed by atoms with Gasteiger partial charge in [-0.1, -0.05) is 0 Å². The van der Waals surface area contributed by atoms with Crippen LogP contribution in [0.3, 0.4) is 0 Å². The normalized spacial score (nSPS) is 19.7. The molecule has 1 unspecified atom stereocenters. The van der Waals surface area contributed by atoms with Crippen LogP contribution in [-0.4, -0.2) is 51.8 Å². The fourth-order valence-electron chi connectivity index (χ4n) is 2.83. The van der Waals surface area contributed by atoms with Crippen LogP contribution < -0.4 is 0 Å². The number of rotatable bonds is 3. The lowest BCUT2D eigenvalue weighted by atomic mass is 10.0. The van der Waals surface area contributed by atoms with Crippen molar-refractivity contribution in [3.05, 3.63) is 29.8 Å². The zero-order valence-electron chi connectivity index (χ0n) is 12.9. The number of sulfonamides is 1. The predicted molar refractivity (Wildman–Crippen MR) is 82.7 cm³/mol. The summed E-state index contributed by atoms with van der Waals surface area (Å²) in [7, 11) is -1.27. The number of hydrogen-bond donors (Lipinski definition) is 0. The van der Waals surface area contributed by atoms with Gasteiger partial charge in [0, 0.05) is 37.9 Å². The highest BCUT2D eigenvalue weighted by Crippen LogP contribution is 2.29. The molecule has 0 radical (unpaired) electrons. The maximum absolute atomic E-state index is 11.7. The molecule has 118 valence electrons. The lowest BCUT2D eigenvalue weighted by molar-refractivity contribution is 0.477. The first kappa shape index (κ1) is 15.1. The Labute approximate surface area is 130 Å². The van der Waals surface area contributed by atoms with Gasteiger partial charge >= 0.3 is 0 Å². The molecule has 1 fully saturated rings. The van der Waals surface area contributed by atoms with Gasteiger partial charge in [-0.25, -0.2) is 22.7 Å². The molecule has 0 bridgehead atoms. The quantitative estimate of drug-likeness (QED) is 0.840. The Hall–Kier alpha value is -1.80. The van der Waals surface area contributed by atoms with Crippen molar-refractivity contribution in [3.8, 4) is 11.4 Å². The molecule has 0 saturated carbocycles. The first-order chi connectivity index (χ1) is 10.3. The van der Waals surface area contributed by atoms with E-state index in [2.05, 4.69) is 15.1 Å². The van der Waals surface area contributed by atoms with Gasteiger partial charge in [-0.15, -0.1) is 0 Å². The Kier molecular flexibility index (Phi) is 3.73. The standard InChI is InChI=1S/C14H19N5O2S/c1-10-16-12(11-5-7-19(9-11)22(3,20)21)8-13(17-10)14-4-6-15-18(14)2/h4,6,8,11H,5,7,9H2,1-3H3. The van der Waals surface area contributed by atoms with E-state index in [1.807, 2.05) is 26.1 Å². The zero-order valence-corrected chi connectivity index (χ0v) is 13.7. The molecule has 3 heterocycles. The third kappa shape index (κ3) is 2.89. The SMILES string of the molecule is Cc1nc(-c2ccnn2C)cc(C2CCN(S(C)(=O)=O)C2)n1. The van der Waals surface area contributed by atoms with Crippen LogP contribution in [0, 0.1) is 6.92 Å². The molecule has 7 nitrogen and oxygen atoms in total. The van der Waals surface area contributed by atoms with Crippen molar-refractivity contribution in [3.63, 3.8) is 0 Å². The van der Waals surface area contributed by atoms with Crippen LogP contribution in [-0.2, 0) is 17.1 Å². The Morgan fingerprint density at radius 1 is 1.32 bits per heavy atom. The van der Waals surface area contributed by atoms with Gasteiger partial charge in [0.15, 0.2) is 0 Å². The van der Waals surface area contributed by atoms with Gasteiger partial charge in [0.2, 0.25) is 10.0 Å². The van der Waals surface area contributed by atoms with Gasteiger partial charge in [0.05, 0.1) is 17.6 Å². The summed E-state index contributed by atoms with van der Waals surface area (Å²) in [4.78, 5) is 8.98. The summed E-state index contributed by atoms with van der Waals surface area (Å²) < 4.78 is 26.6. The van der Waals surface area contributed by atoms with Crippen molar-refractivity contribution in [2.24, 2.45) is 7.05 Å². The van der Waals surface area contributed by atoms with Crippen LogP contribution in [0.5, 0.6) is 0 Å². The van der Waals surface area contributed by atoms with Crippen molar-refractivity contribution in [2.45, 2.75) is 19.3 Å². The van der Waals surface area contributed by atoms with Crippen molar-refractivity contribution in [1.82, 2.24) is 24.1 Å². The molecule has 1 aliphatic heterocycles. The molecule has 0 aromatic carbocycles. The molecular weight excluding hydrogens is 302 g/mol. The minimum Gasteiger partial charge on any atom is -0.266 e. The highest BCUT2D eigenvalue weighted by Gasteiger charge is 2.30. The van der Waals surface area contributed by atoms with Gasteiger partial charge in [-0.2, -0.15) is 5.10 Å². The summed E-state index contributed by atoms with van der Waals surface area (Å²) in [6, 6.07) is 3.85. The van der Waals surface area contributed by atoms with Crippen molar-refractivity contribution >= 4 is 10.0 Å². The zero-order chi connectivity index (χ0) is 15.9. The van der Waals surface area contributed by atoms with Crippen LogP contribution in [0.25, 0.3) is 11.4 Å². The molecular formula is C14H19N5O2S. The van der Waals surface area contributed by atoms with Crippen LogP contribution in [0.2, 0.25) is 0 Å². The molecule has 0 amide bonds. The molecule has 0 N–H and O–H groups in total. The molecule has 0 aliphatic carbocycles. The Morgan fingerprint density at radius 3 is 2.68 bits per heavy atom. The van der Waals surface area contributed by atoms with Gasteiger partial charge in [-0.3, -0.25) is 4.68 Å². The monoisotopic (exact) mass is 321 g/mol. The summed E-state index contributed by atoms with van der Waals surface area (Å²) in [5.41, 5.74) is 2.64. The van der Waals surface area contributed by atoms with E-state index in [9.17, 15) is 8.42 Å². The topological polar surface area (TPSA) is 81.0 Å². The third-order valence-electron chi connectivity index (χ3n) is 3.98. The molecule has 2 aromatic rings. The molecule has 1 saturated heterocycles. The fraction of sp³-hybridized carbons (Fsp3) is 0.500. The van der Waals surface area contributed by atoms with Gasteiger partial charge in [0.1, 0.15) is 5.82 Å². The number of hydrogen-bond acceptors (Lipinski definition) is 5. The third-order valence-corrected chi connectivity index (χ3v) is 5.25. The average Bonchev–Trinajstić information content (AvgIpc) is 3.05. The second-order valence-corrected chi connectivity index (χ2v) is 7.65. The lowest BCUT2D eigenvalue weighted by Crippen LogP contribution is -2.27. The Morgan fingerprint density at radius 2 is 2.09 bits per heavy atom. The number of aromatic nitrogens is 4. The summed E-state index contributed by atoms with van der Waals surface area (Å²) in [6.07, 6.45) is 3.77. The first-order valence-corrected chi connectivity index (χ1v) is 8.98. The van der Waals surface area contributed by atoms with Gasteiger partial charge in [0.25, 0.3) is 0 Å². The summed E-state index contributed by atoms with van der Waals surface area (Å²) >= 11 is 0. The van der Waals surface area contributed by atoms with Crippen molar-refractivity contribution < 1.29 is 8.42 Å². The second-order valence-electron chi connectivity index (χ2n) is 5.67. The highest BCUT2D eigenvalue weighted by molar-refractivity contribution is 7.88. The largest absolute Gasteiger partial charge is 0.266 e. The average molecular weight is 321 g/mol. The van der Waals surface area contributed by atoms with Crippen LogP contribution in [0.4, 0.5) is 0 Å². The Bertz CT molecular complexity index is 799. The number of aryl methyl sites for hydroxylation is 2. The predicted octanol–water partition coefficient (Wildman–Crippen LogP) is 0.934. The van der Waals surface area contributed by atoms with E-state index in [0.29, 0.717) is 18.9 Å². The maximum Gasteiger partial charge on any atom is 0.211 e. The maximum atomic E-state index is 11.7. The molecule has 3 rings (SSSR count). The van der Waals surface area contributed by atoms with Crippen LogP contribution >= 0.6 is 0 Å². The van der Waals surface area contributed by atoms with E-state index in [1.165, 1.54) is 10.6 Å². The van der Waals surface area contributed by atoms with E-state index < -0.39 is 10.0 Å². The fourth-order valence-corrected chi connectivity index (χ4v) is 3.71. The molecule has 22 heavy (non-hydrogen) atoms. The van der Waals surface area contributed by atoms with Crippen molar-refractivity contribution in [2.75, 3.05) is 19.3 Å².